The highest BCUT2D eigenvalue weighted by atomic mass is 79.9. The molecule has 14 heavy (non-hydrogen) atoms. The molecule has 2 aromatic rings. The number of rotatable bonds is 2. The van der Waals surface area contributed by atoms with E-state index >= 15 is 0 Å². The third-order valence-corrected chi connectivity index (χ3v) is 2.84. The van der Waals surface area contributed by atoms with Gasteiger partial charge in [-0.25, -0.2) is 0 Å². The van der Waals surface area contributed by atoms with Gasteiger partial charge in [0.15, 0.2) is 6.29 Å². The summed E-state index contributed by atoms with van der Waals surface area (Å²) in [6, 6.07) is 3.64. The van der Waals surface area contributed by atoms with Crippen molar-refractivity contribution < 1.29 is 4.79 Å². The average molecular weight is 253 g/mol. The van der Waals surface area contributed by atoms with E-state index < -0.39 is 0 Å². The normalized spacial score (nSPS) is 10.7. The molecule has 0 aliphatic heterocycles. The van der Waals surface area contributed by atoms with Crippen LogP contribution in [0.3, 0.4) is 0 Å². The topological polar surface area (TPSA) is 34.9 Å². The summed E-state index contributed by atoms with van der Waals surface area (Å²) < 4.78 is 2.79. The Morgan fingerprint density at radius 3 is 3.00 bits per heavy atom. The predicted octanol–water partition coefficient (Wildman–Crippen LogP) is 2.63. The highest BCUT2D eigenvalue weighted by molar-refractivity contribution is 9.10. The van der Waals surface area contributed by atoms with Crippen molar-refractivity contribution in [3.8, 4) is 0 Å². The number of halogens is 1. The molecule has 1 heterocycles. The van der Waals surface area contributed by atoms with E-state index in [1.165, 1.54) is 0 Å². The molecule has 0 unspecified atom stereocenters. The van der Waals surface area contributed by atoms with Crippen molar-refractivity contribution in [2.24, 2.45) is 0 Å². The monoisotopic (exact) mass is 252 g/mol. The fourth-order valence-electron chi connectivity index (χ4n) is 1.40. The summed E-state index contributed by atoms with van der Waals surface area (Å²) in [5, 5.41) is 5.30. The van der Waals surface area contributed by atoms with Crippen LogP contribution in [-0.4, -0.2) is 16.1 Å². The number of carbonyl (C=O) groups excluding carboxylic acids is 1. The molecular formula is C10H9BrN2O. The van der Waals surface area contributed by atoms with Crippen LogP contribution < -0.4 is 0 Å². The molecule has 0 N–H and O–H groups in total. The second kappa shape index (κ2) is 3.53. The number of hydrogen-bond acceptors (Lipinski definition) is 2. The molecule has 72 valence electrons. The van der Waals surface area contributed by atoms with E-state index in [4.69, 9.17) is 0 Å². The van der Waals surface area contributed by atoms with Gasteiger partial charge in [-0.2, -0.15) is 5.10 Å². The molecule has 0 bridgehead atoms. The molecule has 4 heteroatoms. The molecule has 0 fully saturated rings. The van der Waals surface area contributed by atoms with Crippen LogP contribution in [0.5, 0.6) is 0 Å². The van der Waals surface area contributed by atoms with Gasteiger partial charge in [-0.1, -0.05) is 15.9 Å². The van der Waals surface area contributed by atoms with Crippen molar-refractivity contribution in [1.82, 2.24) is 9.78 Å². The minimum atomic E-state index is 0.635. The van der Waals surface area contributed by atoms with Crippen LogP contribution >= 0.6 is 15.9 Å². The molecule has 2 rings (SSSR count). The summed E-state index contributed by atoms with van der Waals surface area (Å²) in [4.78, 5) is 10.8. The van der Waals surface area contributed by atoms with Crippen LogP contribution in [0.25, 0.3) is 10.9 Å². The Morgan fingerprint density at radius 2 is 2.36 bits per heavy atom. The molecule has 0 atom stereocenters. The molecular weight excluding hydrogens is 244 g/mol. The van der Waals surface area contributed by atoms with Crippen LogP contribution in [0.2, 0.25) is 0 Å². The van der Waals surface area contributed by atoms with Crippen molar-refractivity contribution in [2.45, 2.75) is 13.5 Å². The summed E-state index contributed by atoms with van der Waals surface area (Å²) in [7, 11) is 0. The standard InChI is InChI=1S/C10H9BrN2O/c1-2-13-5-8-9(11)4-3-7(6-14)10(8)12-13/h3-6H,2H2,1H3. The predicted molar refractivity (Wildman–Crippen MR) is 58.5 cm³/mol. The lowest BCUT2D eigenvalue weighted by Gasteiger charge is -1.94. The number of nitrogens with zero attached hydrogens (tertiary/aromatic N) is 2. The molecule has 0 saturated heterocycles. The largest absolute Gasteiger partial charge is 0.298 e. The zero-order chi connectivity index (χ0) is 10.1. The molecule has 0 aliphatic rings. The summed E-state index contributed by atoms with van der Waals surface area (Å²) >= 11 is 3.43. The Bertz CT molecular complexity index is 490. The zero-order valence-corrected chi connectivity index (χ0v) is 9.28. The van der Waals surface area contributed by atoms with Crippen LogP contribution in [0.15, 0.2) is 22.8 Å². The van der Waals surface area contributed by atoms with E-state index in [0.717, 1.165) is 28.2 Å². The van der Waals surface area contributed by atoms with E-state index in [2.05, 4.69) is 21.0 Å². The van der Waals surface area contributed by atoms with Gasteiger partial charge in [-0.05, 0) is 19.1 Å². The van der Waals surface area contributed by atoms with Crippen molar-refractivity contribution in [3.63, 3.8) is 0 Å². The number of aldehydes is 1. The number of carbonyl (C=O) groups is 1. The maximum atomic E-state index is 10.8. The Hall–Kier alpha value is -1.16. The summed E-state index contributed by atoms with van der Waals surface area (Å²) in [5.41, 5.74) is 1.40. The first-order valence-electron chi connectivity index (χ1n) is 4.37. The van der Waals surface area contributed by atoms with Crippen LogP contribution in [0.4, 0.5) is 0 Å². The third-order valence-electron chi connectivity index (χ3n) is 2.15. The van der Waals surface area contributed by atoms with Gasteiger partial charge in [-0.3, -0.25) is 9.48 Å². The van der Waals surface area contributed by atoms with Crippen LogP contribution in [-0.2, 0) is 6.54 Å². The first-order valence-corrected chi connectivity index (χ1v) is 5.16. The number of aryl methyl sites for hydroxylation is 1. The number of aromatic nitrogens is 2. The van der Waals surface area contributed by atoms with Crippen molar-refractivity contribution >= 4 is 33.1 Å². The van der Waals surface area contributed by atoms with Gasteiger partial charge < -0.3 is 0 Å². The molecule has 0 radical (unpaired) electrons. The van der Waals surface area contributed by atoms with Crippen LogP contribution in [0.1, 0.15) is 17.3 Å². The van der Waals surface area contributed by atoms with Gasteiger partial charge in [0.1, 0.15) is 5.52 Å². The van der Waals surface area contributed by atoms with E-state index in [1.54, 1.807) is 6.07 Å². The lowest BCUT2D eigenvalue weighted by molar-refractivity contribution is 0.112. The summed E-state index contributed by atoms with van der Waals surface area (Å²) in [5.74, 6) is 0. The molecule has 0 amide bonds. The fourth-order valence-corrected chi connectivity index (χ4v) is 1.82. The van der Waals surface area contributed by atoms with Crippen LogP contribution in [0, 0.1) is 0 Å². The van der Waals surface area contributed by atoms with E-state index in [0.29, 0.717) is 5.56 Å². The second-order valence-electron chi connectivity index (χ2n) is 3.00. The van der Waals surface area contributed by atoms with Crippen molar-refractivity contribution in [2.75, 3.05) is 0 Å². The molecule has 0 saturated carbocycles. The van der Waals surface area contributed by atoms with Gasteiger partial charge in [0, 0.05) is 28.2 Å². The average Bonchev–Trinajstić information content (AvgIpc) is 2.63. The van der Waals surface area contributed by atoms with E-state index in [1.807, 2.05) is 23.9 Å². The maximum Gasteiger partial charge on any atom is 0.152 e. The smallest absolute Gasteiger partial charge is 0.152 e. The molecule has 3 nitrogen and oxygen atoms in total. The zero-order valence-electron chi connectivity index (χ0n) is 7.70. The Labute approximate surface area is 89.8 Å². The number of hydrogen-bond donors (Lipinski definition) is 0. The van der Waals surface area contributed by atoms with Gasteiger partial charge >= 0.3 is 0 Å². The lowest BCUT2D eigenvalue weighted by Crippen LogP contribution is -1.93. The fraction of sp³-hybridized carbons (Fsp3) is 0.200. The van der Waals surface area contributed by atoms with Gasteiger partial charge in [0.25, 0.3) is 0 Å². The summed E-state index contributed by atoms with van der Waals surface area (Å²) in [6.45, 7) is 2.82. The van der Waals surface area contributed by atoms with Gasteiger partial charge in [0.05, 0.1) is 0 Å². The minimum Gasteiger partial charge on any atom is -0.298 e. The number of benzene rings is 1. The third kappa shape index (κ3) is 1.35. The SMILES string of the molecule is CCn1cc2c(Br)ccc(C=O)c2n1. The molecule has 1 aromatic carbocycles. The lowest BCUT2D eigenvalue weighted by atomic mass is 10.2. The summed E-state index contributed by atoms with van der Waals surface area (Å²) in [6.07, 6.45) is 2.77. The second-order valence-corrected chi connectivity index (χ2v) is 3.86. The first-order chi connectivity index (χ1) is 6.76. The quantitative estimate of drug-likeness (QED) is 0.771. The van der Waals surface area contributed by atoms with E-state index in [9.17, 15) is 4.79 Å². The van der Waals surface area contributed by atoms with Crippen molar-refractivity contribution in [1.29, 1.82) is 0 Å². The Balaban J connectivity index is 2.81. The highest BCUT2D eigenvalue weighted by Gasteiger charge is 2.07. The Morgan fingerprint density at radius 1 is 1.57 bits per heavy atom. The maximum absolute atomic E-state index is 10.8. The molecule has 0 aliphatic carbocycles. The molecule has 1 aromatic heterocycles. The van der Waals surface area contributed by atoms with Gasteiger partial charge in [-0.15, -0.1) is 0 Å². The highest BCUT2D eigenvalue weighted by Crippen LogP contribution is 2.25. The van der Waals surface area contributed by atoms with Crippen molar-refractivity contribution in [3.05, 3.63) is 28.4 Å². The first kappa shape index (κ1) is 9.40. The van der Waals surface area contributed by atoms with Gasteiger partial charge in [0.2, 0.25) is 0 Å². The number of fused-ring (bicyclic) bond motifs is 1. The van der Waals surface area contributed by atoms with E-state index in [-0.39, 0.29) is 0 Å². The Kier molecular flexibility index (Phi) is 2.37. The molecule has 0 spiro atoms. The minimum absolute atomic E-state index is 0.635.